The molecule has 0 atom stereocenters. The first-order valence-electron chi connectivity index (χ1n) is 8.30. The number of hydroxylamine groups is 1. The number of rotatable bonds is 6. The number of carbonyl (C=O) groups is 1. The topological polar surface area (TPSA) is 97.1 Å². The molecule has 3 rings (SSSR count). The molecule has 0 fully saturated rings. The molecule has 0 saturated heterocycles. The summed E-state index contributed by atoms with van der Waals surface area (Å²) in [6.45, 7) is -0.0182. The van der Waals surface area contributed by atoms with Gasteiger partial charge in [0.1, 0.15) is 24.1 Å². The molecule has 2 aromatic carbocycles. The van der Waals surface area contributed by atoms with Crippen molar-refractivity contribution in [2.75, 3.05) is 7.11 Å². The molecule has 0 saturated carbocycles. The van der Waals surface area contributed by atoms with Crippen LogP contribution in [0.2, 0.25) is 10.2 Å². The molecule has 0 aliphatic heterocycles. The second kappa shape index (κ2) is 9.34. The lowest BCUT2D eigenvalue weighted by molar-refractivity contribution is 0.0235. The molecule has 1 amide bonds. The van der Waals surface area contributed by atoms with E-state index in [1.165, 1.54) is 13.3 Å². The maximum Gasteiger partial charge on any atom is 0.274 e. The number of nitriles is 1. The molecule has 1 aromatic heterocycles. The van der Waals surface area contributed by atoms with E-state index in [0.29, 0.717) is 22.4 Å². The van der Waals surface area contributed by atoms with E-state index in [1.807, 2.05) is 12.1 Å². The predicted molar refractivity (Wildman–Crippen MR) is 107 cm³/mol. The van der Waals surface area contributed by atoms with E-state index in [1.54, 1.807) is 36.4 Å². The fraction of sp³-hybridized carbons (Fsp3) is 0.100. The molecule has 1 heterocycles. The summed E-state index contributed by atoms with van der Waals surface area (Å²) >= 11 is 12.7. The lowest BCUT2D eigenvalue weighted by Gasteiger charge is -2.15. The third kappa shape index (κ3) is 4.63. The second-order valence-electron chi connectivity index (χ2n) is 5.71. The van der Waals surface area contributed by atoms with Gasteiger partial charge in [-0.15, -0.1) is 0 Å². The van der Waals surface area contributed by atoms with Crippen molar-refractivity contribution < 1.29 is 14.4 Å². The summed E-state index contributed by atoms with van der Waals surface area (Å²) in [4.78, 5) is 25.7. The molecule has 0 unspecified atom stereocenters. The van der Waals surface area contributed by atoms with Gasteiger partial charge in [0.2, 0.25) is 0 Å². The second-order valence-corrected chi connectivity index (χ2v) is 6.44. The number of hydrogen-bond donors (Lipinski definition) is 1. The first kappa shape index (κ1) is 20.6. The number of ether oxygens (including phenoxy) is 1. The molecule has 9 heteroatoms. The molecular formula is C20H14Cl2N4O3. The van der Waals surface area contributed by atoms with Gasteiger partial charge >= 0.3 is 0 Å². The Labute approximate surface area is 176 Å². The van der Waals surface area contributed by atoms with Gasteiger partial charge in [0.25, 0.3) is 5.91 Å². The van der Waals surface area contributed by atoms with Gasteiger partial charge in [0.05, 0.1) is 18.3 Å². The fourth-order valence-electron chi connectivity index (χ4n) is 2.55. The molecule has 7 nitrogen and oxygen atoms in total. The minimum Gasteiger partial charge on any atom is -0.495 e. The van der Waals surface area contributed by atoms with E-state index >= 15 is 0 Å². The summed E-state index contributed by atoms with van der Waals surface area (Å²) in [5.41, 5.74) is 4.20. The molecular weight excluding hydrogens is 415 g/mol. The Hall–Kier alpha value is -3.18. The molecule has 146 valence electrons. The highest BCUT2D eigenvalue weighted by Crippen LogP contribution is 2.39. The van der Waals surface area contributed by atoms with Crippen molar-refractivity contribution in [2.24, 2.45) is 0 Å². The third-order valence-electron chi connectivity index (χ3n) is 3.92. The molecule has 1 N–H and O–H groups in total. The summed E-state index contributed by atoms with van der Waals surface area (Å²) < 4.78 is 5.26. The Bertz CT molecular complexity index is 1090. The number of hydrogen-bond acceptors (Lipinski definition) is 6. The van der Waals surface area contributed by atoms with E-state index in [-0.39, 0.29) is 34.1 Å². The Balaban J connectivity index is 1.88. The quantitative estimate of drug-likeness (QED) is 0.591. The van der Waals surface area contributed by atoms with E-state index < -0.39 is 0 Å². The highest BCUT2D eigenvalue weighted by molar-refractivity contribution is 6.36. The van der Waals surface area contributed by atoms with Crippen molar-refractivity contribution in [3.63, 3.8) is 0 Å². The molecule has 29 heavy (non-hydrogen) atoms. The molecule has 3 aromatic rings. The van der Waals surface area contributed by atoms with Crippen molar-refractivity contribution >= 4 is 29.1 Å². The predicted octanol–water partition coefficient (Wildman–Crippen LogP) is 4.19. The van der Waals surface area contributed by atoms with Crippen LogP contribution in [0, 0.1) is 11.3 Å². The summed E-state index contributed by atoms with van der Waals surface area (Å²) in [5.74, 6) is 0.0175. The number of halogens is 2. The smallest absolute Gasteiger partial charge is 0.274 e. The van der Waals surface area contributed by atoms with Crippen LogP contribution in [-0.4, -0.2) is 23.0 Å². The number of benzene rings is 2. The van der Waals surface area contributed by atoms with Crippen molar-refractivity contribution in [3.05, 3.63) is 75.7 Å². The van der Waals surface area contributed by atoms with Gasteiger partial charge in [0, 0.05) is 11.1 Å². The highest BCUT2D eigenvalue weighted by Gasteiger charge is 2.20. The van der Waals surface area contributed by atoms with Gasteiger partial charge in [-0.1, -0.05) is 47.5 Å². The largest absolute Gasteiger partial charge is 0.495 e. The summed E-state index contributed by atoms with van der Waals surface area (Å²) in [6.07, 6.45) is 1.29. The first-order valence-corrected chi connectivity index (χ1v) is 9.06. The summed E-state index contributed by atoms with van der Waals surface area (Å²) in [6, 6.07) is 13.9. The average Bonchev–Trinajstić information content (AvgIpc) is 2.75. The summed E-state index contributed by atoms with van der Waals surface area (Å²) in [7, 11) is 1.48. The lowest BCUT2D eigenvalue weighted by Crippen LogP contribution is -2.23. The number of carbonyl (C=O) groups excluding carboxylic acids is 1. The van der Waals surface area contributed by atoms with E-state index in [0.717, 1.165) is 0 Å². The van der Waals surface area contributed by atoms with Crippen LogP contribution in [0.3, 0.4) is 0 Å². The van der Waals surface area contributed by atoms with Crippen LogP contribution in [0.1, 0.15) is 21.6 Å². The van der Waals surface area contributed by atoms with Gasteiger partial charge in [-0.25, -0.2) is 15.4 Å². The van der Waals surface area contributed by atoms with Crippen molar-refractivity contribution in [1.29, 1.82) is 5.26 Å². The number of methoxy groups -OCH3 is 1. The minimum atomic E-state index is -0.386. The van der Waals surface area contributed by atoms with E-state index in [2.05, 4.69) is 15.4 Å². The van der Waals surface area contributed by atoms with Gasteiger partial charge in [-0.3, -0.25) is 9.63 Å². The zero-order valence-electron chi connectivity index (χ0n) is 15.1. The molecule has 0 aliphatic rings. The van der Waals surface area contributed by atoms with Crippen LogP contribution in [0.25, 0.3) is 11.3 Å². The molecule has 0 spiro atoms. The van der Waals surface area contributed by atoms with Gasteiger partial charge in [-0.2, -0.15) is 5.26 Å². The number of aromatic nitrogens is 2. The summed E-state index contributed by atoms with van der Waals surface area (Å²) in [5, 5.41) is 9.22. The monoisotopic (exact) mass is 428 g/mol. The minimum absolute atomic E-state index is 0.00812. The Morgan fingerprint density at radius 3 is 2.62 bits per heavy atom. The van der Waals surface area contributed by atoms with Crippen molar-refractivity contribution in [2.45, 2.75) is 6.61 Å². The number of amides is 1. The van der Waals surface area contributed by atoms with Crippen LogP contribution in [-0.2, 0) is 11.4 Å². The van der Waals surface area contributed by atoms with E-state index in [9.17, 15) is 4.79 Å². The SMILES string of the molecule is COc1ccc(CONC(=O)c2ccccc2)c(-c2ncc(C#N)nc2Cl)c1Cl. The normalized spacial score (nSPS) is 10.3. The maximum atomic E-state index is 12.1. The van der Waals surface area contributed by atoms with Gasteiger partial charge in [0.15, 0.2) is 10.8 Å². The standard InChI is InChI=1S/C20H14Cl2N4O3/c1-28-15-8-7-13(11-29-26-20(27)12-5-3-2-4-6-12)16(17(15)21)18-19(22)25-14(9-23)10-24-18/h2-8,10H,11H2,1H3,(H,26,27). The van der Waals surface area contributed by atoms with Crippen LogP contribution >= 0.6 is 23.2 Å². The van der Waals surface area contributed by atoms with Crippen LogP contribution < -0.4 is 10.2 Å². The maximum absolute atomic E-state index is 12.1. The number of nitrogens with one attached hydrogen (secondary N) is 1. The third-order valence-corrected chi connectivity index (χ3v) is 4.56. The van der Waals surface area contributed by atoms with Crippen LogP contribution in [0.4, 0.5) is 0 Å². The van der Waals surface area contributed by atoms with Crippen molar-refractivity contribution in [3.8, 4) is 23.1 Å². The van der Waals surface area contributed by atoms with Crippen LogP contribution in [0.5, 0.6) is 5.75 Å². The zero-order chi connectivity index (χ0) is 20.8. The first-order chi connectivity index (χ1) is 14.0. The molecule has 0 aliphatic carbocycles. The molecule has 0 radical (unpaired) electrons. The highest BCUT2D eigenvalue weighted by atomic mass is 35.5. The lowest BCUT2D eigenvalue weighted by atomic mass is 10.0. The molecule has 0 bridgehead atoms. The van der Waals surface area contributed by atoms with E-state index in [4.69, 9.17) is 38.0 Å². The Morgan fingerprint density at radius 1 is 1.21 bits per heavy atom. The van der Waals surface area contributed by atoms with Gasteiger partial charge in [-0.05, 0) is 23.8 Å². The number of nitrogens with zero attached hydrogens (tertiary/aromatic N) is 3. The Kier molecular flexibility index (Phi) is 6.62. The van der Waals surface area contributed by atoms with Gasteiger partial charge < -0.3 is 4.74 Å². The van der Waals surface area contributed by atoms with Crippen LogP contribution in [0.15, 0.2) is 48.7 Å². The zero-order valence-corrected chi connectivity index (χ0v) is 16.7. The van der Waals surface area contributed by atoms with Crippen molar-refractivity contribution in [1.82, 2.24) is 15.4 Å². The Morgan fingerprint density at radius 2 is 1.97 bits per heavy atom. The average molecular weight is 429 g/mol. The fourth-order valence-corrected chi connectivity index (χ4v) is 3.13.